The molecule has 0 saturated heterocycles. The zero-order valence-electron chi connectivity index (χ0n) is 20.4. The van der Waals surface area contributed by atoms with Crippen LogP contribution in [-0.2, 0) is 17.9 Å². The van der Waals surface area contributed by atoms with Crippen molar-refractivity contribution >= 4 is 23.2 Å². The molecule has 3 aromatic rings. The molecule has 0 aliphatic carbocycles. The molecule has 2 amide bonds. The van der Waals surface area contributed by atoms with Crippen LogP contribution >= 0.6 is 11.3 Å². The summed E-state index contributed by atoms with van der Waals surface area (Å²) in [5, 5.41) is 2.04. The summed E-state index contributed by atoms with van der Waals surface area (Å²) in [4.78, 5) is 31.6. The number of ether oxygens (including phenoxy) is 2. The van der Waals surface area contributed by atoms with E-state index in [1.807, 2.05) is 54.5 Å². The number of hydrogen-bond acceptors (Lipinski definition) is 5. The average molecular weight is 481 g/mol. The van der Waals surface area contributed by atoms with Crippen LogP contribution in [0.3, 0.4) is 0 Å². The van der Waals surface area contributed by atoms with E-state index in [0.717, 1.165) is 16.0 Å². The summed E-state index contributed by atoms with van der Waals surface area (Å²) in [7, 11) is 3.08. The van der Waals surface area contributed by atoms with Gasteiger partial charge in [-0.25, -0.2) is 0 Å². The lowest BCUT2D eigenvalue weighted by Crippen LogP contribution is -2.45. The quantitative estimate of drug-likeness (QED) is 0.403. The number of thiophene rings is 1. The van der Waals surface area contributed by atoms with Crippen molar-refractivity contribution in [2.45, 2.75) is 39.9 Å². The first kappa shape index (κ1) is 25.3. The minimum Gasteiger partial charge on any atom is -0.497 e. The van der Waals surface area contributed by atoms with Gasteiger partial charge in [-0.15, -0.1) is 11.3 Å². The van der Waals surface area contributed by atoms with E-state index in [0.29, 0.717) is 30.2 Å². The van der Waals surface area contributed by atoms with Gasteiger partial charge >= 0.3 is 0 Å². The van der Waals surface area contributed by atoms with E-state index in [4.69, 9.17) is 9.47 Å². The molecule has 0 bridgehead atoms. The molecule has 0 N–H and O–H groups in total. The first-order valence-electron chi connectivity index (χ1n) is 11.2. The van der Waals surface area contributed by atoms with Crippen molar-refractivity contribution in [1.82, 2.24) is 9.80 Å². The summed E-state index contributed by atoms with van der Waals surface area (Å²) in [6.07, 6.45) is 0. The zero-order chi connectivity index (χ0) is 24.7. The standard InChI is InChI=1S/C27H32N2O4S/c1-19(2)29(27(31)22-13-23(32-4)15-24(14-22)33-5)18-26(30)28(16-21-9-7-6-8-10-21)17-25-20(3)11-12-34-25/h6-15,19H,16-18H2,1-5H3. The smallest absolute Gasteiger partial charge is 0.254 e. The summed E-state index contributed by atoms with van der Waals surface area (Å²) < 4.78 is 10.6. The fourth-order valence-corrected chi connectivity index (χ4v) is 4.53. The van der Waals surface area contributed by atoms with Gasteiger partial charge in [0.15, 0.2) is 0 Å². The van der Waals surface area contributed by atoms with Crippen molar-refractivity contribution in [2.75, 3.05) is 20.8 Å². The minimum absolute atomic E-state index is 0.0206. The molecule has 1 aromatic heterocycles. The number of aryl methyl sites for hydroxylation is 1. The van der Waals surface area contributed by atoms with Gasteiger partial charge in [-0.2, -0.15) is 0 Å². The van der Waals surface area contributed by atoms with E-state index in [-0.39, 0.29) is 24.4 Å². The molecule has 6 nitrogen and oxygen atoms in total. The SMILES string of the molecule is COc1cc(OC)cc(C(=O)N(CC(=O)N(Cc2ccccc2)Cc2sccc2C)C(C)C)c1. The number of hydrogen-bond donors (Lipinski definition) is 0. The van der Waals surface area contributed by atoms with Crippen LogP contribution in [0.25, 0.3) is 0 Å². The van der Waals surface area contributed by atoms with Gasteiger partial charge in [0.1, 0.15) is 18.0 Å². The molecule has 0 atom stereocenters. The van der Waals surface area contributed by atoms with Gasteiger partial charge in [-0.05, 0) is 55.5 Å². The molecule has 180 valence electrons. The highest BCUT2D eigenvalue weighted by Gasteiger charge is 2.26. The predicted molar refractivity (Wildman–Crippen MR) is 135 cm³/mol. The number of rotatable bonds is 10. The topological polar surface area (TPSA) is 59.1 Å². The molecule has 34 heavy (non-hydrogen) atoms. The molecule has 0 unspecified atom stereocenters. The molecule has 0 aliphatic rings. The Balaban J connectivity index is 1.86. The van der Waals surface area contributed by atoms with Gasteiger partial charge in [0, 0.05) is 29.1 Å². The van der Waals surface area contributed by atoms with E-state index in [1.165, 1.54) is 0 Å². The summed E-state index contributed by atoms with van der Waals surface area (Å²) >= 11 is 1.64. The number of amides is 2. The van der Waals surface area contributed by atoms with Crippen LogP contribution in [0.1, 0.15) is 40.2 Å². The monoisotopic (exact) mass is 480 g/mol. The highest BCUT2D eigenvalue weighted by Crippen LogP contribution is 2.25. The Morgan fingerprint density at radius 1 is 0.941 bits per heavy atom. The number of methoxy groups -OCH3 is 2. The highest BCUT2D eigenvalue weighted by atomic mass is 32.1. The van der Waals surface area contributed by atoms with Gasteiger partial charge < -0.3 is 19.3 Å². The molecule has 0 fully saturated rings. The van der Waals surface area contributed by atoms with Crippen molar-refractivity contribution < 1.29 is 19.1 Å². The summed E-state index contributed by atoms with van der Waals surface area (Å²) in [5.41, 5.74) is 2.63. The lowest BCUT2D eigenvalue weighted by Gasteiger charge is -2.30. The summed E-state index contributed by atoms with van der Waals surface area (Å²) in [6, 6.07) is 16.9. The molecular formula is C27H32N2O4S. The van der Waals surface area contributed by atoms with Crippen molar-refractivity contribution in [1.29, 1.82) is 0 Å². The zero-order valence-corrected chi connectivity index (χ0v) is 21.2. The molecule has 0 spiro atoms. The van der Waals surface area contributed by atoms with Crippen LogP contribution in [-0.4, -0.2) is 48.4 Å². The van der Waals surface area contributed by atoms with Crippen molar-refractivity contribution in [3.63, 3.8) is 0 Å². The fourth-order valence-electron chi connectivity index (χ4n) is 3.61. The van der Waals surface area contributed by atoms with Crippen LogP contribution in [0.5, 0.6) is 11.5 Å². The molecule has 0 saturated carbocycles. The van der Waals surface area contributed by atoms with Crippen LogP contribution in [0.2, 0.25) is 0 Å². The molecule has 1 heterocycles. The maximum absolute atomic E-state index is 13.6. The third-order valence-corrected chi connectivity index (χ3v) is 6.67. The summed E-state index contributed by atoms with van der Waals surface area (Å²) in [5.74, 6) is 0.703. The molecule has 7 heteroatoms. The minimum atomic E-state index is -0.243. The molecule has 2 aromatic carbocycles. The second kappa shape index (κ2) is 11.7. The van der Waals surface area contributed by atoms with Crippen LogP contribution in [0, 0.1) is 6.92 Å². The van der Waals surface area contributed by atoms with Gasteiger partial charge in [0.2, 0.25) is 5.91 Å². The Kier molecular flexibility index (Phi) is 8.71. The Morgan fingerprint density at radius 3 is 2.12 bits per heavy atom. The third kappa shape index (κ3) is 6.38. The lowest BCUT2D eigenvalue weighted by molar-refractivity contribution is -0.133. The number of benzene rings is 2. The van der Waals surface area contributed by atoms with Gasteiger partial charge in [0.25, 0.3) is 5.91 Å². The maximum Gasteiger partial charge on any atom is 0.254 e. The van der Waals surface area contributed by atoms with Crippen molar-refractivity contribution in [3.05, 3.63) is 81.5 Å². The molecule has 0 aliphatic heterocycles. The highest BCUT2D eigenvalue weighted by molar-refractivity contribution is 7.10. The van der Waals surface area contributed by atoms with E-state index in [9.17, 15) is 9.59 Å². The third-order valence-electron chi connectivity index (χ3n) is 5.66. The van der Waals surface area contributed by atoms with Crippen LogP contribution in [0.15, 0.2) is 60.0 Å². The first-order chi connectivity index (χ1) is 16.3. The van der Waals surface area contributed by atoms with E-state index in [2.05, 4.69) is 13.0 Å². The van der Waals surface area contributed by atoms with E-state index >= 15 is 0 Å². The van der Waals surface area contributed by atoms with Gasteiger partial charge in [0.05, 0.1) is 20.8 Å². The lowest BCUT2D eigenvalue weighted by atomic mass is 10.1. The van der Waals surface area contributed by atoms with Gasteiger partial charge in [-0.1, -0.05) is 30.3 Å². The summed E-state index contributed by atoms with van der Waals surface area (Å²) in [6.45, 7) is 6.83. The average Bonchev–Trinajstić information content (AvgIpc) is 3.25. The largest absolute Gasteiger partial charge is 0.497 e. The number of carbonyl (C=O) groups excluding carboxylic acids is 2. The second-order valence-electron chi connectivity index (χ2n) is 8.39. The first-order valence-corrected chi connectivity index (χ1v) is 12.1. The molecule has 0 radical (unpaired) electrons. The number of nitrogens with zero attached hydrogens (tertiary/aromatic N) is 2. The second-order valence-corrected chi connectivity index (χ2v) is 9.39. The van der Waals surface area contributed by atoms with E-state index < -0.39 is 0 Å². The Bertz CT molecular complexity index is 1090. The normalized spacial score (nSPS) is 10.8. The molecule has 3 rings (SSSR count). The van der Waals surface area contributed by atoms with Gasteiger partial charge in [-0.3, -0.25) is 9.59 Å². The number of carbonyl (C=O) groups is 2. The fraction of sp³-hybridized carbons (Fsp3) is 0.333. The predicted octanol–water partition coefficient (Wildman–Crippen LogP) is 5.15. The van der Waals surface area contributed by atoms with Crippen molar-refractivity contribution in [2.24, 2.45) is 0 Å². The van der Waals surface area contributed by atoms with Crippen LogP contribution < -0.4 is 9.47 Å². The van der Waals surface area contributed by atoms with Crippen LogP contribution in [0.4, 0.5) is 0 Å². The maximum atomic E-state index is 13.6. The Hall–Kier alpha value is -3.32. The Morgan fingerprint density at radius 2 is 1.59 bits per heavy atom. The van der Waals surface area contributed by atoms with Crippen molar-refractivity contribution in [3.8, 4) is 11.5 Å². The Labute approximate surface area is 205 Å². The molecular weight excluding hydrogens is 448 g/mol. The van der Waals surface area contributed by atoms with E-state index in [1.54, 1.807) is 48.7 Å².